The van der Waals surface area contributed by atoms with Crippen LogP contribution in [-0.4, -0.2) is 42.8 Å². The molecule has 202 valence electrons. The summed E-state index contributed by atoms with van der Waals surface area (Å²) in [7, 11) is 0. The second-order valence-electron chi connectivity index (χ2n) is 13.6. The molecule has 1 heterocycles. The van der Waals surface area contributed by atoms with Gasteiger partial charge < -0.3 is 14.7 Å². The van der Waals surface area contributed by atoms with Crippen molar-refractivity contribution in [2.24, 2.45) is 22.7 Å². The Hall–Kier alpha value is -2.35. The van der Waals surface area contributed by atoms with Crippen LogP contribution in [0.25, 0.3) is 0 Å². The Morgan fingerprint density at radius 1 is 1.05 bits per heavy atom. The van der Waals surface area contributed by atoms with Crippen molar-refractivity contribution < 1.29 is 14.6 Å². The molecule has 6 rings (SSSR count). The summed E-state index contributed by atoms with van der Waals surface area (Å²) in [6.45, 7) is 12.1. The number of anilines is 1. The number of nitrogens with zero attached hydrogens (tertiary/aromatic N) is 1. The van der Waals surface area contributed by atoms with E-state index in [1.54, 1.807) is 5.57 Å². The number of carbonyl (C=O) groups is 1. The number of ketones is 1. The van der Waals surface area contributed by atoms with Crippen molar-refractivity contribution in [3.8, 4) is 11.8 Å². The molecule has 5 aliphatic rings. The first-order chi connectivity index (χ1) is 18.1. The molecule has 0 spiro atoms. The van der Waals surface area contributed by atoms with Crippen LogP contribution < -0.4 is 4.90 Å². The topological polar surface area (TPSA) is 49.8 Å². The van der Waals surface area contributed by atoms with Crippen molar-refractivity contribution in [3.63, 3.8) is 0 Å². The van der Waals surface area contributed by atoms with Gasteiger partial charge in [-0.2, -0.15) is 0 Å². The number of aliphatic hydroxyl groups is 1. The highest BCUT2D eigenvalue weighted by atomic mass is 16.5. The Morgan fingerprint density at radius 2 is 1.79 bits per heavy atom. The summed E-state index contributed by atoms with van der Waals surface area (Å²) in [5.74, 6) is 8.24. The molecule has 1 aromatic carbocycles. The molecule has 0 radical (unpaired) electrons. The van der Waals surface area contributed by atoms with Crippen molar-refractivity contribution in [3.05, 3.63) is 52.6 Å². The van der Waals surface area contributed by atoms with Crippen LogP contribution >= 0.6 is 0 Å². The Morgan fingerprint density at radius 3 is 2.50 bits per heavy atom. The molecule has 4 nitrogen and oxygen atoms in total. The van der Waals surface area contributed by atoms with E-state index in [0.29, 0.717) is 18.3 Å². The van der Waals surface area contributed by atoms with E-state index in [0.717, 1.165) is 64.8 Å². The largest absolute Gasteiger partial charge is 0.378 e. The van der Waals surface area contributed by atoms with E-state index in [9.17, 15) is 9.90 Å². The maximum atomic E-state index is 12.3. The number of fused-ring (bicyclic) bond motifs is 4. The first kappa shape index (κ1) is 25.9. The summed E-state index contributed by atoms with van der Waals surface area (Å²) in [5.41, 5.74) is 5.54. The number of hydrogen-bond donors (Lipinski definition) is 1. The smallest absolute Gasteiger partial charge is 0.156 e. The average Bonchev–Trinajstić information content (AvgIpc) is 3.17. The highest BCUT2D eigenvalue weighted by Crippen LogP contribution is 2.66. The molecular formula is C34H43NO3. The number of carbonyl (C=O) groups excluding carboxylic acids is 1. The number of morpholine rings is 1. The fraction of sp³-hybridized carbons (Fsp3) is 0.618. The molecule has 1 saturated heterocycles. The van der Waals surface area contributed by atoms with Crippen molar-refractivity contribution >= 4 is 11.5 Å². The lowest BCUT2D eigenvalue weighted by Gasteiger charge is -2.53. The van der Waals surface area contributed by atoms with Crippen LogP contribution in [0.2, 0.25) is 0 Å². The zero-order chi connectivity index (χ0) is 26.7. The highest BCUT2D eigenvalue weighted by Gasteiger charge is 2.62. The van der Waals surface area contributed by atoms with Crippen LogP contribution in [0.1, 0.15) is 84.1 Å². The molecule has 0 bridgehead atoms. The first-order valence-corrected chi connectivity index (χ1v) is 14.7. The van der Waals surface area contributed by atoms with Crippen LogP contribution in [0.5, 0.6) is 0 Å². The summed E-state index contributed by atoms with van der Waals surface area (Å²) < 4.78 is 5.56. The highest BCUT2D eigenvalue weighted by molar-refractivity contribution is 5.93. The van der Waals surface area contributed by atoms with Gasteiger partial charge in [0.15, 0.2) is 5.78 Å². The normalized spacial score (nSPS) is 35.1. The van der Waals surface area contributed by atoms with Crippen LogP contribution in [0.15, 0.2) is 47.1 Å². The summed E-state index contributed by atoms with van der Waals surface area (Å²) >= 11 is 0. The van der Waals surface area contributed by atoms with Gasteiger partial charge in [0, 0.05) is 41.9 Å². The van der Waals surface area contributed by atoms with Crippen molar-refractivity contribution in [2.45, 2.75) is 84.2 Å². The zero-order valence-corrected chi connectivity index (χ0v) is 23.6. The zero-order valence-electron chi connectivity index (χ0n) is 23.6. The van der Waals surface area contributed by atoms with E-state index < -0.39 is 5.60 Å². The van der Waals surface area contributed by atoms with E-state index in [1.165, 1.54) is 22.4 Å². The van der Waals surface area contributed by atoms with Gasteiger partial charge in [-0.15, -0.1) is 0 Å². The molecule has 0 aromatic heterocycles. The summed E-state index contributed by atoms with van der Waals surface area (Å²) in [6, 6.07) is 9.20. The lowest BCUT2D eigenvalue weighted by Crippen LogP contribution is -2.51. The Kier molecular flexibility index (Phi) is 6.40. The fourth-order valence-corrected chi connectivity index (χ4v) is 8.20. The van der Waals surface area contributed by atoms with Crippen LogP contribution in [0.3, 0.4) is 0 Å². The van der Waals surface area contributed by atoms with Gasteiger partial charge in [-0.05, 0) is 106 Å². The number of ether oxygens (including phenoxy) is 1. The SMILES string of the molecule is CC(C)(C)C#C[C@]1(O)CC[C@H]2[C@@H]3CCC4=CC(=O)CCC4=C3[C@@H](c3ccc(N4CCOCC4)cc3)C[C@@]21C. The van der Waals surface area contributed by atoms with Gasteiger partial charge in [0.1, 0.15) is 5.60 Å². The molecule has 3 fully saturated rings. The van der Waals surface area contributed by atoms with E-state index in [1.807, 2.05) is 6.08 Å². The minimum atomic E-state index is -0.966. The number of hydrogen-bond acceptors (Lipinski definition) is 4. The Bertz CT molecular complexity index is 1230. The van der Waals surface area contributed by atoms with Gasteiger partial charge in [-0.25, -0.2) is 0 Å². The predicted molar refractivity (Wildman–Crippen MR) is 152 cm³/mol. The molecular weight excluding hydrogens is 470 g/mol. The van der Waals surface area contributed by atoms with Gasteiger partial charge in [0.05, 0.1) is 13.2 Å². The summed E-state index contributed by atoms with van der Waals surface area (Å²) in [4.78, 5) is 14.7. The van der Waals surface area contributed by atoms with Crippen molar-refractivity contribution in [2.75, 3.05) is 31.2 Å². The van der Waals surface area contributed by atoms with Crippen molar-refractivity contribution in [1.29, 1.82) is 0 Å². The van der Waals surface area contributed by atoms with Gasteiger partial charge >= 0.3 is 0 Å². The molecule has 1 aliphatic heterocycles. The number of rotatable bonds is 2. The molecule has 4 aliphatic carbocycles. The maximum absolute atomic E-state index is 12.3. The predicted octanol–water partition coefficient (Wildman–Crippen LogP) is 6.20. The molecule has 38 heavy (non-hydrogen) atoms. The molecule has 5 atom stereocenters. The Balaban J connectivity index is 1.43. The van der Waals surface area contributed by atoms with Gasteiger partial charge in [-0.1, -0.05) is 36.5 Å². The maximum Gasteiger partial charge on any atom is 0.156 e. The van der Waals surface area contributed by atoms with Crippen LogP contribution in [0.4, 0.5) is 5.69 Å². The monoisotopic (exact) mass is 513 g/mol. The molecule has 4 heteroatoms. The molecule has 0 unspecified atom stereocenters. The third-order valence-electron chi connectivity index (χ3n) is 10.2. The van der Waals surface area contributed by atoms with Gasteiger partial charge in [0.2, 0.25) is 0 Å². The second-order valence-corrected chi connectivity index (χ2v) is 13.6. The van der Waals surface area contributed by atoms with Crippen molar-refractivity contribution in [1.82, 2.24) is 0 Å². The molecule has 2 saturated carbocycles. The number of allylic oxidation sites excluding steroid dienone is 4. The van der Waals surface area contributed by atoms with E-state index in [2.05, 4.69) is 68.7 Å². The quantitative estimate of drug-likeness (QED) is 0.478. The summed E-state index contributed by atoms with van der Waals surface area (Å²) in [6.07, 6.45) is 8.17. The fourth-order valence-electron chi connectivity index (χ4n) is 8.20. The number of benzene rings is 1. The van der Waals surface area contributed by atoms with E-state index in [-0.39, 0.29) is 22.5 Å². The first-order valence-electron chi connectivity index (χ1n) is 14.7. The van der Waals surface area contributed by atoms with E-state index >= 15 is 0 Å². The molecule has 1 N–H and O–H groups in total. The van der Waals surface area contributed by atoms with Gasteiger partial charge in [0.25, 0.3) is 0 Å². The van der Waals surface area contributed by atoms with E-state index in [4.69, 9.17) is 4.74 Å². The van der Waals surface area contributed by atoms with Gasteiger partial charge in [-0.3, -0.25) is 4.79 Å². The van der Waals surface area contributed by atoms with Crippen LogP contribution in [-0.2, 0) is 9.53 Å². The minimum absolute atomic E-state index is 0.139. The van der Waals surface area contributed by atoms with Crippen LogP contribution in [0, 0.1) is 34.5 Å². The minimum Gasteiger partial charge on any atom is -0.378 e. The average molecular weight is 514 g/mol. The molecule has 1 aromatic rings. The lowest BCUT2D eigenvalue weighted by molar-refractivity contribution is -0.114. The molecule has 0 amide bonds. The second kappa shape index (κ2) is 9.39. The summed E-state index contributed by atoms with van der Waals surface area (Å²) in [5, 5.41) is 12.2. The third-order valence-corrected chi connectivity index (χ3v) is 10.2. The third kappa shape index (κ3) is 4.37. The Labute approximate surface area is 228 Å². The standard InChI is InChI=1S/C34H43NO3/c1-32(2,3)15-16-34(37)14-13-30-28-11-7-24-21-26(36)10-12-27(24)31(28)29(22-33(30,34)4)23-5-8-25(9-6-23)35-17-19-38-20-18-35/h5-6,8-9,21,28-30,37H,7,10-14,17-20,22H2,1-4H3/t28-,29+,30-,33-,34+/m0/s1. The lowest BCUT2D eigenvalue weighted by atomic mass is 9.51.